The Bertz CT molecular complexity index is 417. The van der Waals surface area contributed by atoms with Crippen LogP contribution >= 0.6 is 0 Å². The van der Waals surface area contributed by atoms with Crippen LogP contribution in [-0.2, 0) is 5.41 Å². The van der Waals surface area contributed by atoms with Gasteiger partial charge in [0.2, 0.25) is 0 Å². The summed E-state index contributed by atoms with van der Waals surface area (Å²) in [4.78, 5) is 0. The fraction of sp³-hybridized carbons (Fsp3) is 0.222. The zero-order chi connectivity index (χ0) is 13.4. The summed E-state index contributed by atoms with van der Waals surface area (Å²) in [5.74, 6) is 0. The Hall–Kier alpha value is -1.82. The van der Waals surface area contributed by atoms with Crippen LogP contribution in [0.15, 0.2) is 61.2 Å². The monoisotopic (exact) mass is 237 g/mol. The van der Waals surface area contributed by atoms with Gasteiger partial charge in [0.15, 0.2) is 0 Å². The Kier molecular flexibility index (Phi) is 5.38. The first kappa shape index (κ1) is 14.2. The molecule has 0 aliphatic rings. The van der Waals surface area contributed by atoms with E-state index >= 15 is 0 Å². The third-order valence-electron chi connectivity index (χ3n) is 2.62. The lowest BCUT2D eigenvalue weighted by atomic mass is 9.87. The lowest BCUT2D eigenvalue weighted by molar-refractivity contribution is 0.590. The Morgan fingerprint density at radius 1 is 0.944 bits per heavy atom. The van der Waals surface area contributed by atoms with Crippen LogP contribution in [0.2, 0.25) is 0 Å². The highest BCUT2D eigenvalue weighted by Gasteiger charge is 2.12. The predicted octanol–water partition coefficient (Wildman–Crippen LogP) is 5.11. The fourth-order valence-corrected chi connectivity index (χ4v) is 1.46. The molecule has 0 amide bonds. The van der Waals surface area contributed by atoms with Crippen molar-refractivity contribution in [2.24, 2.45) is 0 Å². The van der Waals surface area contributed by atoms with E-state index in [9.17, 15) is 0 Å². The number of hydrogen-bond donors (Lipinski definition) is 0. The molecule has 0 unspecified atom stereocenters. The first-order chi connectivity index (χ1) is 8.54. The van der Waals surface area contributed by atoms with Crippen molar-refractivity contribution in [1.29, 1.82) is 0 Å². The summed E-state index contributed by atoms with van der Waals surface area (Å²) in [6.07, 6.45) is 1.87. The van der Waals surface area contributed by atoms with E-state index < -0.39 is 0 Å². The third kappa shape index (κ3) is 5.01. The standard InChI is InChI=1S/C12H16.C6H5/c1-5-10-6-8-11(9-7-10)12(2,3)4;1-2-4-6-5-3-1/h5-9H,1H2,2-4H3;1-5H. The summed E-state index contributed by atoms with van der Waals surface area (Å²) in [7, 11) is 0. The van der Waals surface area contributed by atoms with Crippen LogP contribution in [0.5, 0.6) is 0 Å². The quantitative estimate of drug-likeness (QED) is 0.646. The highest BCUT2D eigenvalue weighted by atomic mass is 14.2. The van der Waals surface area contributed by atoms with Crippen LogP contribution in [0.1, 0.15) is 31.9 Å². The first-order valence-corrected chi connectivity index (χ1v) is 6.18. The Morgan fingerprint density at radius 3 is 1.78 bits per heavy atom. The molecule has 0 spiro atoms. The van der Waals surface area contributed by atoms with Gasteiger partial charge in [-0.3, -0.25) is 0 Å². The van der Waals surface area contributed by atoms with Crippen LogP contribution < -0.4 is 0 Å². The summed E-state index contributed by atoms with van der Waals surface area (Å²) in [6, 6.07) is 21.0. The minimum Gasteiger partial charge on any atom is -0.0985 e. The molecule has 0 saturated heterocycles. The van der Waals surface area contributed by atoms with E-state index in [-0.39, 0.29) is 5.41 Å². The highest BCUT2D eigenvalue weighted by molar-refractivity contribution is 5.47. The van der Waals surface area contributed by atoms with Crippen molar-refractivity contribution in [3.63, 3.8) is 0 Å². The molecule has 0 heterocycles. The zero-order valence-corrected chi connectivity index (χ0v) is 11.5. The van der Waals surface area contributed by atoms with Crippen molar-refractivity contribution >= 4 is 6.08 Å². The Morgan fingerprint density at radius 2 is 1.50 bits per heavy atom. The zero-order valence-electron chi connectivity index (χ0n) is 11.5. The van der Waals surface area contributed by atoms with Crippen molar-refractivity contribution in [3.05, 3.63) is 78.4 Å². The molecular weight excluding hydrogens is 216 g/mol. The van der Waals surface area contributed by atoms with Gasteiger partial charge in [-0.25, -0.2) is 0 Å². The van der Waals surface area contributed by atoms with Gasteiger partial charge < -0.3 is 0 Å². The molecule has 0 heteroatoms. The van der Waals surface area contributed by atoms with Gasteiger partial charge in [0.1, 0.15) is 0 Å². The number of benzene rings is 2. The van der Waals surface area contributed by atoms with Crippen LogP contribution in [0, 0.1) is 6.07 Å². The summed E-state index contributed by atoms with van der Waals surface area (Å²) in [6.45, 7) is 10.4. The maximum absolute atomic E-state index is 3.72. The van der Waals surface area contributed by atoms with Gasteiger partial charge in [0.25, 0.3) is 0 Å². The molecule has 2 aromatic rings. The molecule has 0 aliphatic heterocycles. The van der Waals surface area contributed by atoms with E-state index in [0.29, 0.717) is 0 Å². The molecule has 0 N–H and O–H groups in total. The summed E-state index contributed by atoms with van der Waals surface area (Å²) in [5.41, 5.74) is 2.80. The van der Waals surface area contributed by atoms with Gasteiger partial charge in [0.05, 0.1) is 0 Å². The summed E-state index contributed by atoms with van der Waals surface area (Å²) >= 11 is 0. The van der Waals surface area contributed by atoms with Crippen molar-refractivity contribution < 1.29 is 0 Å². The average Bonchev–Trinajstić information content (AvgIpc) is 2.40. The van der Waals surface area contributed by atoms with Crippen LogP contribution in [0.25, 0.3) is 6.08 Å². The van der Waals surface area contributed by atoms with E-state index in [1.807, 2.05) is 36.4 Å². The SMILES string of the molecule is C=Cc1ccc(C(C)(C)C)cc1.[c]1ccccc1. The molecule has 2 aromatic carbocycles. The van der Waals surface area contributed by atoms with Crippen molar-refractivity contribution in [3.8, 4) is 0 Å². The fourth-order valence-electron chi connectivity index (χ4n) is 1.46. The smallest absolute Gasteiger partial charge is 0.0132 e. The van der Waals surface area contributed by atoms with Crippen LogP contribution in [-0.4, -0.2) is 0 Å². The number of hydrogen-bond acceptors (Lipinski definition) is 0. The van der Waals surface area contributed by atoms with Gasteiger partial charge in [-0.1, -0.05) is 88.0 Å². The topological polar surface area (TPSA) is 0 Å². The lowest BCUT2D eigenvalue weighted by Gasteiger charge is -2.18. The second-order valence-corrected chi connectivity index (χ2v) is 5.15. The molecule has 0 bridgehead atoms. The predicted molar refractivity (Wildman–Crippen MR) is 80.5 cm³/mol. The highest BCUT2D eigenvalue weighted by Crippen LogP contribution is 2.22. The summed E-state index contributed by atoms with van der Waals surface area (Å²) in [5, 5.41) is 0. The van der Waals surface area contributed by atoms with Crippen LogP contribution in [0.4, 0.5) is 0 Å². The van der Waals surface area contributed by atoms with Crippen molar-refractivity contribution in [2.75, 3.05) is 0 Å². The molecule has 18 heavy (non-hydrogen) atoms. The third-order valence-corrected chi connectivity index (χ3v) is 2.62. The molecule has 0 atom stereocenters. The largest absolute Gasteiger partial charge is 0.0985 e. The van der Waals surface area contributed by atoms with E-state index in [2.05, 4.69) is 57.7 Å². The maximum atomic E-state index is 3.72. The average molecular weight is 237 g/mol. The van der Waals surface area contributed by atoms with E-state index in [1.54, 1.807) is 0 Å². The van der Waals surface area contributed by atoms with Crippen molar-refractivity contribution in [2.45, 2.75) is 26.2 Å². The molecule has 0 saturated carbocycles. The minimum absolute atomic E-state index is 0.250. The van der Waals surface area contributed by atoms with E-state index in [1.165, 1.54) is 11.1 Å². The van der Waals surface area contributed by atoms with Gasteiger partial charge in [-0.15, -0.1) is 0 Å². The normalized spacial score (nSPS) is 10.2. The second-order valence-electron chi connectivity index (χ2n) is 5.15. The molecule has 0 aliphatic carbocycles. The lowest BCUT2D eigenvalue weighted by Crippen LogP contribution is -2.10. The van der Waals surface area contributed by atoms with Gasteiger partial charge in [0, 0.05) is 0 Å². The molecule has 93 valence electrons. The van der Waals surface area contributed by atoms with E-state index in [4.69, 9.17) is 0 Å². The minimum atomic E-state index is 0.250. The molecule has 0 nitrogen and oxygen atoms in total. The Labute approximate surface area is 111 Å². The van der Waals surface area contributed by atoms with Gasteiger partial charge >= 0.3 is 0 Å². The molecule has 2 rings (SSSR count). The molecule has 0 fully saturated rings. The van der Waals surface area contributed by atoms with E-state index in [0.717, 1.165) is 0 Å². The van der Waals surface area contributed by atoms with Gasteiger partial charge in [-0.05, 0) is 22.6 Å². The molecule has 1 radical (unpaired) electrons. The molecular formula is C18H21. The van der Waals surface area contributed by atoms with Gasteiger partial charge in [-0.2, -0.15) is 0 Å². The van der Waals surface area contributed by atoms with Crippen LogP contribution in [0.3, 0.4) is 0 Å². The second kappa shape index (κ2) is 6.80. The maximum Gasteiger partial charge on any atom is -0.0132 e. The first-order valence-electron chi connectivity index (χ1n) is 6.18. The van der Waals surface area contributed by atoms with Crippen molar-refractivity contribution in [1.82, 2.24) is 0 Å². The number of rotatable bonds is 1. The molecule has 0 aromatic heterocycles. The Balaban J connectivity index is 0.000000225. The summed E-state index contributed by atoms with van der Waals surface area (Å²) < 4.78 is 0.